The number of rotatable bonds is 2. The first-order valence-electron chi connectivity index (χ1n) is 5.85. The monoisotopic (exact) mass is 281 g/mol. The molecular formula is C13H12ClNO2S. The van der Waals surface area contributed by atoms with Gasteiger partial charge in [0.15, 0.2) is 11.0 Å². The van der Waals surface area contributed by atoms with E-state index in [1.165, 1.54) is 4.88 Å². The topological polar surface area (TPSA) is 33.5 Å². The smallest absolute Gasteiger partial charge is 0.290 e. The molecule has 0 N–H and O–H groups in total. The molecule has 2 aromatic heterocycles. The van der Waals surface area contributed by atoms with Gasteiger partial charge in [-0.1, -0.05) is 6.07 Å². The summed E-state index contributed by atoms with van der Waals surface area (Å²) in [6, 6.07) is 7.52. The molecule has 0 saturated carbocycles. The first-order chi connectivity index (χ1) is 8.75. The summed E-state index contributed by atoms with van der Waals surface area (Å²) >= 11 is 7.40. The summed E-state index contributed by atoms with van der Waals surface area (Å²) in [5.41, 5.74) is 0. The van der Waals surface area contributed by atoms with Crippen LogP contribution in [0.1, 0.15) is 34.3 Å². The van der Waals surface area contributed by atoms with Crippen molar-refractivity contribution in [2.45, 2.75) is 18.9 Å². The minimum Gasteiger partial charge on any atom is -0.440 e. The molecule has 0 spiro atoms. The Labute approximate surface area is 114 Å². The van der Waals surface area contributed by atoms with Gasteiger partial charge in [0.2, 0.25) is 0 Å². The number of hydrogen-bond acceptors (Lipinski definition) is 3. The Kier molecular flexibility index (Phi) is 3.14. The normalized spacial score (nSPS) is 19.4. The predicted molar refractivity (Wildman–Crippen MR) is 71.0 cm³/mol. The van der Waals surface area contributed by atoms with E-state index in [0.29, 0.717) is 5.76 Å². The van der Waals surface area contributed by atoms with Gasteiger partial charge in [-0.2, -0.15) is 0 Å². The molecule has 18 heavy (non-hydrogen) atoms. The summed E-state index contributed by atoms with van der Waals surface area (Å²) in [6.07, 6.45) is 2.05. The summed E-state index contributed by atoms with van der Waals surface area (Å²) in [4.78, 5) is 15.5. The van der Waals surface area contributed by atoms with Gasteiger partial charge in [0, 0.05) is 11.4 Å². The summed E-state index contributed by atoms with van der Waals surface area (Å²) in [7, 11) is 0. The molecule has 1 unspecified atom stereocenters. The predicted octanol–water partition coefficient (Wildman–Crippen LogP) is 3.97. The van der Waals surface area contributed by atoms with Gasteiger partial charge in [-0.3, -0.25) is 4.79 Å². The third-order valence-corrected chi connectivity index (χ3v) is 4.35. The molecule has 1 amide bonds. The van der Waals surface area contributed by atoms with E-state index in [0.717, 1.165) is 19.4 Å². The van der Waals surface area contributed by atoms with Crippen molar-refractivity contribution in [3.05, 3.63) is 45.5 Å². The van der Waals surface area contributed by atoms with E-state index in [2.05, 4.69) is 6.07 Å². The van der Waals surface area contributed by atoms with Gasteiger partial charge < -0.3 is 9.32 Å². The van der Waals surface area contributed by atoms with Gasteiger partial charge >= 0.3 is 0 Å². The quantitative estimate of drug-likeness (QED) is 0.834. The molecule has 1 aliphatic heterocycles. The Morgan fingerprint density at radius 3 is 3.00 bits per heavy atom. The van der Waals surface area contributed by atoms with E-state index in [4.69, 9.17) is 16.0 Å². The van der Waals surface area contributed by atoms with E-state index in [9.17, 15) is 4.79 Å². The molecule has 5 heteroatoms. The van der Waals surface area contributed by atoms with Crippen LogP contribution in [0.4, 0.5) is 0 Å². The van der Waals surface area contributed by atoms with Crippen LogP contribution in [-0.2, 0) is 0 Å². The van der Waals surface area contributed by atoms with Crippen molar-refractivity contribution >= 4 is 28.8 Å². The molecule has 2 aromatic rings. The first kappa shape index (κ1) is 11.8. The number of carbonyl (C=O) groups is 1. The first-order valence-corrected chi connectivity index (χ1v) is 7.11. The Balaban J connectivity index is 1.85. The van der Waals surface area contributed by atoms with Crippen LogP contribution >= 0.6 is 22.9 Å². The molecule has 1 fully saturated rings. The van der Waals surface area contributed by atoms with Crippen LogP contribution in [0.2, 0.25) is 5.22 Å². The van der Waals surface area contributed by atoms with Crippen molar-refractivity contribution in [2.24, 2.45) is 0 Å². The van der Waals surface area contributed by atoms with Crippen LogP contribution in [0.25, 0.3) is 0 Å². The lowest BCUT2D eigenvalue weighted by atomic mass is 10.2. The van der Waals surface area contributed by atoms with Crippen molar-refractivity contribution in [1.82, 2.24) is 4.90 Å². The highest BCUT2D eigenvalue weighted by molar-refractivity contribution is 7.10. The van der Waals surface area contributed by atoms with Gasteiger partial charge in [-0.25, -0.2) is 0 Å². The molecule has 0 radical (unpaired) electrons. The van der Waals surface area contributed by atoms with Gasteiger partial charge in [-0.15, -0.1) is 11.3 Å². The molecule has 1 saturated heterocycles. The Hall–Kier alpha value is -1.26. The maximum absolute atomic E-state index is 12.3. The number of amides is 1. The number of halogens is 1. The van der Waals surface area contributed by atoms with Gasteiger partial charge in [0.25, 0.3) is 5.91 Å². The van der Waals surface area contributed by atoms with Crippen molar-refractivity contribution in [3.63, 3.8) is 0 Å². The third kappa shape index (κ3) is 2.06. The van der Waals surface area contributed by atoms with Crippen LogP contribution < -0.4 is 0 Å². The number of thiophene rings is 1. The third-order valence-electron chi connectivity index (χ3n) is 3.17. The highest BCUT2D eigenvalue weighted by Gasteiger charge is 2.32. The zero-order chi connectivity index (χ0) is 12.5. The van der Waals surface area contributed by atoms with Crippen LogP contribution in [-0.4, -0.2) is 17.4 Å². The lowest BCUT2D eigenvalue weighted by Crippen LogP contribution is -2.29. The Bertz CT molecular complexity index is 549. The largest absolute Gasteiger partial charge is 0.440 e. The number of carbonyl (C=O) groups excluding carboxylic acids is 1. The van der Waals surface area contributed by atoms with E-state index in [1.54, 1.807) is 23.5 Å². The summed E-state index contributed by atoms with van der Waals surface area (Å²) in [5, 5.41) is 2.30. The zero-order valence-corrected chi connectivity index (χ0v) is 11.2. The molecule has 3 rings (SSSR count). The Morgan fingerprint density at radius 1 is 1.44 bits per heavy atom. The molecule has 3 heterocycles. The maximum atomic E-state index is 12.3. The number of likely N-dealkylation sites (tertiary alicyclic amines) is 1. The molecule has 1 aliphatic rings. The maximum Gasteiger partial charge on any atom is 0.290 e. The van der Waals surface area contributed by atoms with E-state index < -0.39 is 0 Å². The SMILES string of the molecule is O=C(c1ccc(Cl)o1)N1CCCC1c1cccs1. The van der Waals surface area contributed by atoms with Crippen molar-refractivity contribution < 1.29 is 9.21 Å². The van der Waals surface area contributed by atoms with Crippen LogP contribution in [0.15, 0.2) is 34.1 Å². The van der Waals surface area contributed by atoms with Crippen LogP contribution in [0, 0.1) is 0 Å². The summed E-state index contributed by atoms with van der Waals surface area (Å²) < 4.78 is 5.20. The minimum absolute atomic E-state index is 0.0715. The fourth-order valence-electron chi connectivity index (χ4n) is 2.36. The number of hydrogen-bond donors (Lipinski definition) is 0. The lowest BCUT2D eigenvalue weighted by Gasteiger charge is -2.22. The molecular weight excluding hydrogens is 270 g/mol. The van der Waals surface area contributed by atoms with Crippen molar-refractivity contribution in [2.75, 3.05) is 6.54 Å². The molecule has 1 atom stereocenters. The number of furan rings is 1. The highest BCUT2D eigenvalue weighted by atomic mass is 35.5. The standard InChI is InChI=1S/C13H12ClNO2S/c14-12-6-5-10(17-12)13(16)15-7-1-3-9(15)11-4-2-8-18-11/h2,4-6,8-9H,1,3,7H2. The van der Waals surface area contributed by atoms with Gasteiger partial charge in [0.1, 0.15) is 0 Å². The van der Waals surface area contributed by atoms with E-state index in [1.807, 2.05) is 16.3 Å². The van der Waals surface area contributed by atoms with Gasteiger partial charge in [0.05, 0.1) is 6.04 Å². The van der Waals surface area contributed by atoms with Gasteiger partial charge in [-0.05, 0) is 48.0 Å². The van der Waals surface area contributed by atoms with Crippen LogP contribution in [0.3, 0.4) is 0 Å². The summed E-state index contributed by atoms with van der Waals surface area (Å²) in [5.74, 6) is 0.251. The lowest BCUT2D eigenvalue weighted by molar-refractivity contribution is 0.0705. The molecule has 3 nitrogen and oxygen atoms in total. The fraction of sp³-hybridized carbons (Fsp3) is 0.308. The summed E-state index contributed by atoms with van der Waals surface area (Å²) in [6.45, 7) is 0.777. The van der Waals surface area contributed by atoms with Crippen molar-refractivity contribution in [3.8, 4) is 0 Å². The molecule has 94 valence electrons. The Morgan fingerprint density at radius 2 is 2.33 bits per heavy atom. The number of nitrogens with zero attached hydrogens (tertiary/aromatic N) is 1. The molecule has 0 bridgehead atoms. The van der Waals surface area contributed by atoms with E-state index >= 15 is 0 Å². The zero-order valence-electron chi connectivity index (χ0n) is 9.64. The second kappa shape index (κ2) is 4.78. The molecule has 0 aliphatic carbocycles. The molecule has 0 aromatic carbocycles. The average molecular weight is 282 g/mol. The fourth-order valence-corrected chi connectivity index (χ4v) is 3.38. The van der Waals surface area contributed by atoms with Crippen LogP contribution in [0.5, 0.6) is 0 Å². The second-order valence-electron chi connectivity index (χ2n) is 4.28. The second-order valence-corrected chi connectivity index (χ2v) is 5.63. The minimum atomic E-state index is -0.0715. The highest BCUT2D eigenvalue weighted by Crippen LogP contribution is 2.35. The van der Waals surface area contributed by atoms with E-state index in [-0.39, 0.29) is 17.2 Å². The van der Waals surface area contributed by atoms with Crippen molar-refractivity contribution in [1.29, 1.82) is 0 Å². The average Bonchev–Trinajstić information content (AvgIpc) is 3.08.